The highest BCUT2D eigenvalue weighted by molar-refractivity contribution is 6.26. The first kappa shape index (κ1) is 8.46. The Hall–Kier alpha value is -1.64. The second kappa shape index (κ2) is 3.67. The minimum atomic E-state index is -0.0718. The molecule has 0 amide bonds. The summed E-state index contributed by atoms with van der Waals surface area (Å²) in [4.78, 5) is 14.4. The number of carbonyl (C=O) groups excluding carboxylic acids is 1. The highest BCUT2D eigenvalue weighted by Crippen LogP contribution is 2.14. The minimum Gasteiger partial charge on any atom is -0.399 e. The van der Waals surface area contributed by atoms with E-state index in [0.717, 1.165) is 0 Å². The fourth-order valence-corrected chi connectivity index (χ4v) is 0.771. The van der Waals surface area contributed by atoms with E-state index in [-0.39, 0.29) is 5.78 Å². The number of nitrogens with zero attached hydrogens (tertiary/aromatic N) is 1. The largest absolute Gasteiger partial charge is 0.399 e. The van der Waals surface area contributed by atoms with Crippen molar-refractivity contribution in [1.82, 2.24) is 0 Å². The number of rotatable bonds is 2. The molecule has 0 aliphatic heterocycles. The quantitative estimate of drug-likeness (QED) is 0.530. The van der Waals surface area contributed by atoms with Crippen molar-refractivity contribution >= 4 is 23.4 Å². The molecule has 0 atom stereocenters. The highest BCUT2D eigenvalue weighted by atomic mass is 16.1. The molecule has 0 saturated carbocycles. The van der Waals surface area contributed by atoms with Gasteiger partial charge in [0.05, 0.1) is 11.9 Å². The molecule has 0 bridgehead atoms. The molecule has 0 spiro atoms. The lowest BCUT2D eigenvalue weighted by Gasteiger charge is -1.93. The van der Waals surface area contributed by atoms with E-state index in [4.69, 9.17) is 5.73 Å². The first-order valence-corrected chi connectivity index (χ1v) is 3.58. The van der Waals surface area contributed by atoms with Crippen LogP contribution in [0.1, 0.15) is 6.92 Å². The second-order valence-electron chi connectivity index (χ2n) is 2.46. The Labute approximate surface area is 70.9 Å². The third kappa shape index (κ3) is 2.54. The summed E-state index contributed by atoms with van der Waals surface area (Å²) in [6, 6.07) is 7.06. The lowest BCUT2D eigenvalue weighted by atomic mass is 10.3. The van der Waals surface area contributed by atoms with Crippen molar-refractivity contribution in [3.8, 4) is 0 Å². The number of benzene rings is 1. The molecule has 0 aliphatic carbocycles. The summed E-state index contributed by atoms with van der Waals surface area (Å²) in [5.74, 6) is -0.0718. The lowest BCUT2D eigenvalue weighted by molar-refractivity contribution is -0.110. The SMILES string of the molecule is CC(=O)/C=N/c1cccc(N)c1. The van der Waals surface area contributed by atoms with Crippen LogP contribution < -0.4 is 5.73 Å². The second-order valence-corrected chi connectivity index (χ2v) is 2.46. The van der Waals surface area contributed by atoms with Gasteiger partial charge in [-0.2, -0.15) is 0 Å². The summed E-state index contributed by atoms with van der Waals surface area (Å²) in [5, 5.41) is 0. The molecule has 0 unspecified atom stereocenters. The average Bonchev–Trinajstić information content (AvgIpc) is 2.01. The van der Waals surface area contributed by atoms with Gasteiger partial charge in [-0.25, -0.2) is 0 Å². The molecule has 0 fully saturated rings. The number of nitrogens with two attached hydrogens (primary N) is 1. The summed E-state index contributed by atoms with van der Waals surface area (Å²) in [6.45, 7) is 1.45. The van der Waals surface area contributed by atoms with Gasteiger partial charge in [0.15, 0.2) is 5.78 Å². The molecule has 12 heavy (non-hydrogen) atoms. The lowest BCUT2D eigenvalue weighted by Crippen LogP contribution is -1.88. The number of Topliss-reactive ketones (excluding diaryl/α,β-unsaturated/α-hetero) is 1. The van der Waals surface area contributed by atoms with Gasteiger partial charge in [0.25, 0.3) is 0 Å². The Morgan fingerprint density at radius 3 is 2.92 bits per heavy atom. The van der Waals surface area contributed by atoms with Crippen LogP contribution in [0.5, 0.6) is 0 Å². The molecular weight excluding hydrogens is 152 g/mol. The molecule has 3 nitrogen and oxygen atoms in total. The molecule has 0 heterocycles. The maximum absolute atomic E-state index is 10.5. The van der Waals surface area contributed by atoms with Gasteiger partial charge in [0.2, 0.25) is 0 Å². The van der Waals surface area contributed by atoms with Gasteiger partial charge >= 0.3 is 0 Å². The van der Waals surface area contributed by atoms with Crippen LogP contribution in [0.25, 0.3) is 0 Å². The van der Waals surface area contributed by atoms with Crippen LogP contribution >= 0.6 is 0 Å². The van der Waals surface area contributed by atoms with Gasteiger partial charge in [-0.15, -0.1) is 0 Å². The molecule has 1 rings (SSSR count). The van der Waals surface area contributed by atoms with Gasteiger partial charge < -0.3 is 5.73 Å². The van der Waals surface area contributed by atoms with Crippen molar-refractivity contribution in [2.45, 2.75) is 6.92 Å². The molecule has 0 saturated heterocycles. The van der Waals surface area contributed by atoms with Crippen molar-refractivity contribution in [3.63, 3.8) is 0 Å². The van der Waals surface area contributed by atoms with E-state index in [1.54, 1.807) is 24.3 Å². The Balaban J connectivity index is 2.83. The monoisotopic (exact) mass is 162 g/mol. The van der Waals surface area contributed by atoms with Gasteiger partial charge in [-0.1, -0.05) is 6.07 Å². The maximum atomic E-state index is 10.5. The molecule has 1 aromatic carbocycles. The summed E-state index contributed by atoms with van der Waals surface area (Å²) < 4.78 is 0. The number of hydrogen-bond acceptors (Lipinski definition) is 3. The number of ketones is 1. The van der Waals surface area contributed by atoms with E-state index in [2.05, 4.69) is 4.99 Å². The van der Waals surface area contributed by atoms with Gasteiger partial charge in [0, 0.05) is 12.6 Å². The molecule has 0 radical (unpaired) electrons. The summed E-state index contributed by atoms with van der Waals surface area (Å²) in [6.07, 6.45) is 1.27. The van der Waals surface area contributed by atoms with E-state index in [9.17, 15) is 4.79 Å². The minimum absolute atomic E-state index is 0.0718. The van der Waals surface area contributed by atoms with E-state index in [0.29, 0.717) is 11.4 Å². The van der Waals surface area contributed by atoms with Crippen LogP contribution in [0.3, 0.4) is 0 Å². The van der Waals surface area contributed by atoms with Crippen LogP contribution in [0.2, 0.25) is 0 Å². The number of nitrogen functional groups attached to an aromatic ring is 1. The number of hydrogen-bond donors (Lipinski definition) is 1. The van der Waals surface area contributed by atoms with E-state index >= 15 is 0 Å². The van der Waals surface area contributed by atoms with Gasteiger partial charge in [-0.3, -0.25) is 9.79 Å². The van der Waals surface area contributed by atoms with E-state index in [1.165, 1.54) is 13.1 Å². The molecule has 62 valence electrons. The normalized spacial score (nSPS) is 10.4. The summed E-state index contributed by atoms with van der Waals surface area (Å²) in [5.41, 5.74) is 6.85. The molecule has 1 aromatic rings. The van der Waals surface area contributed by atoms with Gasteiger partial charge in [0.1, 0.15) is 0 Å². The van der Waals surface area contributed by atoms with Crippen LogP contribution in [0.15, 0.2) is 29.3 Å². The first-order valence-electron chi connectivity index (χ1n) is 3.58. The Morgan fingerprint density at radius 2 is 2.33 bits per heavy atom. The van der Waals surface area contributed by atoms with Crippen molar-refractivity contribution in [2.75, 3.05) is 5.73 Å². The summed E-state index contributed by atoms with van der Waals surface area (Å²) in [7, 11) is 0. The molecule has 0 aliphatic rings. The van der Waals surface area contributed by atoms with Crippen LogP contribution in [0.4, 0.5) is 11.4 Å². The van der Waals surface area contributed by atoms with Crippen molar-refractivity contribution < 1.29 is 4.79 Å². The Bertz CT molecular complexity index is 318. The number of anilines is 1. The Kier molecular flexibility index (Phi) is 2.58. The summed E-state index contributed by atoms with van der Waals surface area (Å²) >= 11 is 0. The number of carbonyl (C=O) groups is 1. The van der Waals surface area contributed by atoms with Crippen molar-refractivity contribution in [2.24, 2.45) is 4.99 Å². The highest BCUT2D eigenvalue weighted by Gasteiger charge is 1.89. The molecule has 0 aromatic heterocycles. The van der Waals surface area contributed by atoms with Crippen LogP contribution in [-0.4, -0.2) is 12.0 Å². The average molecular weight is 162 g/mol. The van der Waals surface area contributed by atoms with Gasteiger partial charge in [-0.05, 0) is 18.2 Å². The first-order chi connectivity index (χ1) is 5.68. The smallest absolute Gasteiger partial charge is 0.170 e. The van der Waals surface area contributed by atoms with Crippen molar-refractivity contribution in [3.05, 3.63) is 24.3 Å². The number of aliphatic imine (C=N–C) groups is 1. The maximum Gasteiger partial charge on any atom is 0.170 e. The fourth-order valence-electron chi connectivity index (χ4n) is 0.771. The zero-order valence-electron chi connectivity index (χ0n) is 6.82. The predicted octanol–water partition coefficient (Wildman–Crippen LogP) is 1.56. The van der Waals surface area contributed by atoms with Crippen LogP contribution in [0, 0.1) is 0 Å². The van der Waals surface area contributed by atoms with Crippen molar-refractivity contribution in [1.29, 1.82) is 0 Å². The third-order valence-electron chi connectivity index (χ3n) is 1.27. The molecule has 2 N–H and O–H groups in total. The topological polar surface area (TPSA) is 55.5 Å². The Morgan fingerprint density at radius 1 is 1.58 bits per heavy atom. The fraction of sp³-hybridized carbons (Fsp3) is 0.111. The van der Waals surface area contributed by atoms with E-state index in [1.807, 2.05) is 0 Å². The van der Waals surface area contributed by atoms with E-state index < -0.39 is 0 Å². The molecule has 3 heteroatoms. The standard InChI is InChI=1S/C9H10N2O/c1-7(12)6-11-9-4-2-3-8(10)5-9/h2-6H,10H2,1H3/b11-6+. The third-order valence-corrected chi connectivity index (χ3v) is 1.27. The zero-order chi connectivity index (χ0) is 8.97. The van der Waals surface area contributed by atoms with Crippen LogP contribution in [-0.2, 0) is 4.79 Å². The molecular formula is C9H10N2O. The zero-order valence-corrected chi connectivity index (χ0v) is 6.82. The predicted molar refractivity (Wildman–Crippen MR) is 49.7 cm³/mol.